The number of hydroxylamine groups is 1. The van der Waals surface area contributed by atoms with Gasteiger partial charge >= 0.3 is 6.18 Å². The van der Waals surface area contributed by atoms with E-state index in [1.54, 1.807) is 12.1 Å². The summed E-state index contributed by atoms with van der Waals surface area (Å²) in [4.78, 5) is 4.32. The fourth-order valence-electron chi connectivity index (χ4n) is 1.50. The summed E-state index contributed by atoms with van der Waals surface area (Å²) >= 11 is 0. The van der Waals surface area contributed by atoms with Gasteiger partial charge in [0.1, 0.15) is 0 Å². The lowest BCUT2D eigenvalue weighted by molar-refractivity contribution is -0.190. The number of halogens is 3. The standard InChI is InChI=1S/C12H16F3NO4/c1-17-9-4-8(5-10(18-2)11(9)19-3)6-16-20-7-12(13,14)15/h4-5,16H,6-7H2,1-3H3. The Morgan fingerprint density at radius 2 is 1.55 bits per heavy atom. The van der Waals surface area contributed by atoms with Crippen molar-refractivity contribution < 1.29 is 32.2 Å². The smallest absolute Gasteiger partial charge is 0.413 e. The monoisotopic (exact) mass is 295 g/mol. The second-order valence-electron chi connectivity index (χ2n) is 3.76. The van der Waals surface area contributed by atoms with Crippen LogP contribution in [0.4, 0.5) is 13.2 Å². The van der Waals surface area contributed by atoms with Crippen molar-refractivity contribution in [3.8, 4) is 17.2 Å². The molecule has 0 saturated carbocycles. The van der Waals surface area contributed by atoms with Gasteiger partial charge in [0.25, 0.3) is 0 Å². The minimum atomic E-state index is -4.37. The van der Waals surface area contributed by atoms with E-state index in [4.69, 9.17) is 14.2 Å². The number of hydrogen-bond donors (Lipinski definition) is 1. The number of alkyl halides is 3. The van der Waals surface area contributed by atoms with Crippen LogP contribution in [0.5, 0.6) is 17.2 Å². The van der Waals surface area contributed by atoms with Gasteiger partial charge in [0, 0.05) is 6.54 Å². The Hall–Kier alpha value is -1.67. The Balaban J connectivity index is 2.71. The lowest BCUT2D eigenvalue weighted by atomic mass is 10.2. The molecule has 0 aliphatic rings. The van der Waals surface area contributed by atoms with Crippen molar-refractivity contribution in [2.75, 3.05) is 27.9 Å². The zero-order valence-electron chi connectivity index (χ0n) is 11.3. The Labute approximate surface area is 114 Å². The van der Waals surface area contributed by atoms with Crippen LogP contribution < -0.4 is 19.7 Å². The summed E-state index contributed by atoms with van der Waals surface area (Å²) in [7, 11) is 4.37. The summed E-state index contributed by atoms with van der Waals surface area (Å²) in [5, 5.41) is 0. The molecule has 0 saturated heterocycles. The average Bonchev–Trinajstić information content (AvgIpc) is 2.41. The third kappa shape index (κ3) is 4.78. The second-order valence-corrected chi connectivity index (χ2v) is 3.76. The molecular weight excluding hydrogens is 279 g/mol. The van der Waals surface area contributed by atoms with Crippen molar-refractivity contribution in [1.82, 2.24) is 5.48 Å². The quantitative estimate of drug-likeness (QED) is 0.618. The number of benzene rings is 1. The van der Waals surface area contributed by atoms with E-state index >= 15 is 0 Å². The van der Waals surface area contributed by atoms with Crippen LogP contribution in [0.1, 0.15) is 5.56 Å². The Kier molecular flexibility index (Phi) is 5.90. The molecule has 1 aromatic carbocycles. The first-order valence-corrected chi connectivity index (χ1v) is 5.61. The first-order chi connectivity index (χ1) is 9.41. The molecule has 1 aromatic rings. The predicted octanol–water partition coefficient (Wildman–Crippen LogP) is 2.30. The predicted molar refractivity (Wildman–Crippen MR) is 64.9 cm³/mol. The summed E-state index contributed by atoms with van der Waals surface area (Å²) in [6, 6.07) is 3.23. The maximum Gasteiger partial charge on any atom is 0.413 e. The molecule has 0 unspecified atom stereocenters. The molecule has 1 N–H and O–H groups in total. The van der Waals surface area contributed by atoms with E-state index in [0.717, 1.165) is 0 Å². The topological polar surface area (TPSA) is 49.0 Å². The lowest BCUT2D eigenvalue weighted by Crippen LogP contribution is -2.24. The van der Waals surface area contributed by atoms with Crippen LogP contribution in [0, 0.1) is 0 Å². The highest BCUT2D eigenvalue weighted by atomic mass is 19.4. The molecule has 0 bridgehead atoms. The van der Waals surface area contributed by atoms with Crippen molar-refractivity contribution in [1.29, 1.82) is 0 Å². The van der Waals surface area contributed by atoms with E-state index < -0.39 is 12.8 Å². The summed E-state index contributed by atoms with van der Waals surface area (Å²) in [6.45, 7) is -1.30. The van der Waals surface area contributed by atoms with Crippen molar-refractivity contribution >= 4 is 0 Å². The van der Waals surface area contributed by atoms with Crippen LogP contribution in [0.3, 0.4) is 0 Å². The zero-order chi connectivity index (χ0) is 15.2. The highest BCUT2D eigenvalue weighted by Crippen LogP contribution is 2.38. The zero-order valence-corrected chi connectivity index (χ0v) is 11.3. The van der Waals surface area contributed by atoms with E-state index in [0.29, 0.717) is 22.8 Å². The SMILES string of the molecule is COc1cc(CNOCC(F)(F)F)cc(OC)c1OC. The largest absolute Gasteiger partial charge is 0.493 e. The van der Waals surface area contributed by atoms with Crippen LogP contribution in [0.2, 0.25) is 0 Å². The van der Waals surface area contributed by atoms with Gasteiger partial charge in [0.15, 0.2) is 18.1 Å². The van der Waals surface area contributed by atoms with Gasteiger partial charge in [-0.25, -0.2) is 0 Å². The van der Waals surface area contributed by atoms with Crippen molar-refractivity contribution in [3.05, 3.63) is 17.7 Å². The van der Waals surface area contributed by atoms with Crippen molar-refractivity contribution in [3.63, 3.8) is 0 Å². The first kappa shape index (κ1) is 16.4. The lowest BCUT2D eigenvalue weighted by Gasteiger charge is -2.14. The van der Waals surface area contributed by atoms with Crippen LogP contribution in [0.15, 0.2) is 12.1 Å². The third-order valence-electron chi connectivity index (χ3n) is 2.34. The highest BCUT2D eigenvalue weighted by molar-refractivity contribution is 5.53. The Morgan fingerprint density at radius 1 is 1.00 bits per heavy atom. The summed E-state index contributed by atoms with van der Waals surface area (Å²) in [5.41, 5.74) is 2.85. The molecule has 0 spiro atoms. The molecule has 0 fully saturated rings. The molecule has 0 aliphatic heterocycles. The number of nitrogens with one attached hydrogen (secondary N) is 1. The molecule has 0 aromatic heterocycles. The molecule has 0 amide bonds. The Morgan fingerprint density at radius 3 is 1.95 bits per heavy atom. The maximum atomic E-state index is 11.9. The molecular formula is C12H16F3NO4. The molecule has 8 heteroatoms. The van der Waals surface area contributed by atoms with E-state index in [9.17, 15) is 13.2 Å². The molecule has 0 aliphatic carbocycles. The normalized spacial score (nSPS) is 11.3. The molecule has 5 nitrogen and oxygen atoms in total. The summed E-state index contributed by atoms with van der Waals surface area (Å²) < 4.78 is 51.1. The van der Waals surface area contributed by atoms with Gasteiger partial charge in [-0.05, 0) is 17.7 Å². The fourth-order valence-corrected chi connectivity index (χ4v) is 1.50. The van der Waals surface area contributed by atoms with Gasteiger partial charge < -0.3 is 14.2 Å². The molecule has 1 rings (SSSR count). The molecule has 0 heterocycles. The molecule has 0 radical (unpaired) electrons. The highest BCUT2D eigenvalue weighted by Gasteiger charge is 2.27. The minimum absolute atomic E-state index is 0.0623. The number of rotatable bonds is 7. The van der Waals surface area contributed by atoms with Gasteiger partial charge in [0.05, 0.1) is 21.3 Å². The van der Waals surface area contributed by atoms with Crippen LogP contribution in [-0.2, 0) is 11.4 Å². The van der Waals surface area contributed by atoms with E-state index in [1.165, 1.54) is 21.3 Å². The maximum absolute atomic E-state index is 11.9. The summed E-state index contributed by atoms with van der Waals surface area (Å²) in [6.07, 6.45) is -4.37. The van der Waals surface area contributed by atoms with Crippen molar-refractivity contribution in [2.45, 2.75) is 12.7 Å². The molecule has 20 heavy (non-hydrogen) atoms. The van der Waals surface area contributed by atoms with Crippen LogP contribution in [-0.4, -0.2) is 34.1 Å². The first-order valence-electron chi connectivity index (χ1n) is 5.61. The fraction of sp³-hybridized carbons (Fsp3) is 0.500. The van der Waals surface area contributed by atoms with Crippen LogP contribution in [0.25, 0.3) is 0 Å². The van der Waals surface area contributed by atoms with Gasteiger partial charge in [-0.3, -0.25) is 4.84 Å². The van der Waals surface area contributed by atoms with Crippen LogP contribution >= 0.6 is 0 Å². The minimum Gasteiger partial charge on any atom is -0.493 e. The van der Waals surface area contributed by atoms with Gasteiger partial charge in [0.2, 0.25) is 5.75 Å². The average molecular weight is 295 g/mol. The van der Waals surface area contributed by atoms with E-state index in [2.05, 4.69) is 10.3 Å². The van der Waals surface area contributed by atoms with Crippen molar-refractivity contribution in [2.24, 2.45) is 0 Å². The molecule has 114 valence electrons. The van der Waals surface area contributed by atoms with Gasteiger partial charge in [-0.15, -0.1) is 0 Å². The summed E-state index contributed by atoms with van der Waals surface area (Å²) in [5.74, 6) is 1.24. The number of methoxy groups -OCH3 is 3. The third-order valence-corrected chi connectivity index (χ3v) is 2.34. The van der Waals surface area contributed by atoms with Gasteiger partial charge in [-0.2, -0.15) is 18.7 Å². The van der Waals surface area contributed by atoms with Gasteiger partial charge in [-0.1, -0.05) is 0 Å². The number of hydrogen-bond acceptors (Lipinski definition) is 5. The number of ether oxygens (including phenoxy) is 3. The Bertz CT molecular complexity index is 412. The second kappa shape index (κ2) is 7.20. The molecule has 0 atom stereocenters. The van der Waals surface area contributed by atoms with E-state index in [1.807, 2.05) is 0 Å². The van der Waals surface area contributed by atoms with E-state index in [-0.39, 0.29) is 6.54 Å².